The van der Waals surface area contributed by atoms with Gasteiger partial charge in [0.25, 0.3) is 5.69 Å². The Labute approximate surface area is 172 Å². The molecule has 0 saturated heterocycles. The number of para-hydroxylation sites is 1. The van der Waals surface area contributed by atoms with Gasteiger partial charge < -0.3 is 4.90 Å². The number of imidazole rings is 1. The Morgan fingerprint density at radius 1 is 1.24 bits per heavy atom. The van der Waals surface area contributed by atoms with Crippen molar-refractivity contribution in [1.82, 2.24) is 9.55 Å². The van der Waals surface area contributed by atoms with Crippen molar-refractivity contribution in [2.24, 2.45) is 0 Å². The highest BCUT2D eigenvalue weighted by Crippen LogP contribution is 2.31. The lowest BCUT2D eigenvalue weighted by atomic mass is 10.0. The van der Waals surface area contributed by atoms with Crippen molar-refractivity contribution < 1.29 is 9.72 Å². The lowest BCUT2D eigenvalue weighted by Gasteiger charge is -2.29. The Bertz CT molecular complexity index is 1080. The maximum atomic E-state index is 12.9. The van der Waals surface area contributed by atoms with Gasteiger partial charge in [-0.15, -0.1) is 0 Å². The van der Waals surface area contributed by atoms with Gasteiger partial charge in [-0.2, -0.15) is 0 Å². The molecule has 0 atom stereocenters. The molecule has 1 aliphatic heterocycles. The number of hydrogen-bond acceptors (Lipinski definition) is 5. The molecule has 0 fully saturated rings. The fraction of sp³-hybridized carbons (Fsp3) is 0.238. The summed E-state index contributed by atoms with van der Waals surface area (Å²) in [7, 11) is 0. The van der Waals surface area contributed by atoms with Gasteiger partial charge >= 0.3 is 0 Å². The fourth-order valence-corrected chi connectivity index (χ4v) is 4.42. The summed E-state index contributed by atoms with van der Waals surface area (Å²) in [6.07, 6.45) is 5.16. The van der Waals surface area contributed by atoms with Crippen LogP contribution in [-0.4, -0.2) is 32.7 Å². The van der Waals surface area contributed by atoms with Gasteiger partial charge in [0.15, 0.2) is 5.16 Å². The highest BCUT2D eigenvalue weighted by molar-refractivity contribution is 7.99. The number of amides is 1. The third-order valence-electron chi connectivity index (χ3n) is 5.00. The highest BCUT2D eigenvalue weighted by Gasteiger charge is 2.24. The molecule has 1 aliphatic rings. The molecule has 0 spiro atoms. The summed E-state index contributed by atoms with van der Waals surface area (Å²) in [6.45, 7) is 2.66. The van der Waals surface area contributed by atoms with Crippen LogP contribution in [0, 0.1) is 17.0 Å². The fourth-order valence-electron chi connectivity index (χ4n) is 3.57. The number of rotatable bonds is 5. The van der Waals surface area contributed by atoms with Gasteiger partial charge in [-0.05, 0) is 43.0 Å². The molecule has 29 heavy (non-hydrogen) atoms. The van der Waals surface area contributed by atoms with Crippen molar-refractivity contribution in [2.75, 3.05) is 17.2 Å². The minimum absolute atomic E-state index is 0.0239. The molecule has 3 aromatic rings. The van der Waals surface area contributed by atoms with Crippen molar-refractivity contribution in [2.45, 2.75) is 24.9 Å². The lowest BCUT2D eigenvalue weighted by Crippen LogP contribution is -2.36. The number of nitrogens with zero attached hydrogens (tertiary/aromatic N) is 4. The smallest absolute Gasteiger partial charge is 0.269 e. The second-order valence-corrected chi connectivity index (χ2v) is 7.82. The Hall–Kier alpha value is -3.13. The molecule has 0 bridgehead atoms. The summed E-state index contributed by atoms with van der Waals surface area (Å²) in [6, 6.07) is 12.8. The van der Waals surface area contributed by atoms with E-state index in [2.05, 4.69) is 4.98 Å². The van der Waals surface area contributed by atoms with E-state index in [1.807, 2.05) is 42.0 Å². The molecule has 0 saturated carbocycles. The normalized spacial score (nSPS) is 13.2. The van der Waals surface area contributed by atoms with Crippen LogP contribution < -0.4 is 4.90 Å². The van der Waals surface area contributed by atoms with Crippen molar-refractivity contribution in [1.29, 1.82) is 0 Å². The van der Waals surface area contributed by atoms with Gasteiger partial charge in [0.1, 0.15) is 0 Å². The van der Waals surface area contributed by atoms with E-state index in [0.717, 1.165) is 40.5 Å². The van der Waals surface area contributed by atoms with E-state index in [-0.39, 0.29) is 17.3 Å². The molecule has 7 nitrogen and oxygen atoms in total. The monoisotopic (exact) mass is 408 g/mol. The van der Waals surface area contributed by atoms with Crippen LogP contribution in [-0.2, 0) is 11.2 Å². The number of aromatic nitrogens is 2. The van der Waals surface area contributed by atoms with E-state index in [0.29, 0.717) is 6.54 Å². The molecule has 4 rings (SSSR count). The number of benzene rings is 2. The first-order valence-electron chi connectivity index (χ1n) is 9.34. The first-order valence-corrected chi connectivity index (χ1v) is 10.3. The molecule has 1 amide bonds. The number of carbonyl (C=O) groups is 1. The van der Waals surface area contributed by atoms with Crippen LogP contribution in [0.2, 0.25) is 0 Å². The molecule has 148 valence electrons. The zero-order chi connectivity index (χ0) is 20.4. The number of nitro groups is 1. The van der Waals surface area contributed by atoms with Crippen LogP contribution in [0.15, 0.2) is 60.0 Å². The van der Waals surface area contributed by atoms with Crippen molar-refractivity contribution >= 4 is 29.0 Å². The standard InChI is InChI=1S/C21H20N4O3S/c1-15-5-2-3-7-18(15)24-12-10-22-21(24)29-14-20(26)23-11-4-6-16-13-17(25(27)28)8-9-19(16)23/h2-3,5,7-10,12-13H,4,6,11,14H2,1H3. The molecule has 2 aromatic carbocycles. The molecule has 0 unspecified atom stereocenters. The Kier molecular flexibility index (Phi) is 5.35. The first kappa shape index (κ1) is 19.2. The predicted octanol–water partition coefficient (Wildman–Crippen LogP) is 4.16. The second-order valence-electron chi connectivity index (χ2n) is 6.87. The number of thioether (sulfide) groups is 1. The van der Waals surface area contributed by atoms with Crippen LogP contribution >= 0.6 is 11.8 Å². The highest BCUT2D eigenvalue weighted by atomic mass is 32.2. The SMILES string of the molecule is Cc1ccccc1-n1ccnc1SCC(=O)N1CCCc2cc([N+](=O)[O-])ccc21. The Balaban J connectivity index is 1.51. The molecule has 2 heterocycles. The quantitative estimate of drug-likeness (QED) is 0.360. The van der Waals surface area contributed by atoms with Crippen LogP contribution in [0.25, 0.3) is 5.69 Å². The minimum atomic E-state index is -0.401. The molecule has 0 N–H and O–H groups in total. The number of non-ortho nitro benzene ring substituents is 1. The number of aryl methyl sites for hydroxylation is 2. The van der Waals surface area contributed by atoms with Gasteiger partial charge in [0.05, 0.1) is 16.4 Å². The summed E-state index contributed by atoms with van der Waals surface area (Å²) in [4.78, 5) is 29.7. The molecule has 8 heteroatoms. The predicted molar refractivity (Wildman–Crippen MR) is 113 cm³/mol. The van der Waals surface area contributed by atoms with E-state index in [9.17, 15) is 14.9 Å². The largest absolute Gasteiger partial charge is 0.311 e. The van der Waals surface area contributed by atoms with E-state index in [4.69, 9.17) is 0 Å². The number of hydrogen-bond donors (Lipinski definition) is 0. The zero-order valence-electron chi connectivity index (χ0n) is 15.9. The van der Waals surface area contributed by atoms with Crippen LogP contribution in [0.3, 0.4) is 0 Å². The van der Waals surface area contributed by atoms with Gasteiger partial charge in [-0.25, -0.2) is 4.98 Å². The van der Waals surface area contributed by atoms with E-state index in [1.165, 1.54) is 17.8 Å². The lowest BCUT2D eigenvalue weighted by molar-refractivity contribution is -0.384. The van der Waals surface area contributed by atoms with Gasteiger partial charge in [-0.1, -0.05) is 30.0 Å². The molecule has 0 radical (unpaired) electrons. The Morgan fingerprint density at radius 3 is 2.86 bits per heavy atom. The summed E-state index contributed by atoms with van der Waals surface area (Å²) < 4.78 is 1.99. The van der Waals surface area contributed by atoms with Gasteiger partial charge in [0.2, 0.25) is 5.91 Å². The topological polar surface area (TPSA) is 81.3 Å². The third kappa shape index (κ3) is 3.88. The van der Waals surface area contributed by atoms with Crippen molar-refractivity contribution in [3.63, 3.8) is 0 Å². The van der Waals surface area contributed by atoms with E-state index >= 15 is 0 Å². The minimum Gasteiger partial charge on any atom is -0.311 e. The summed E-state index contributed by atoms with van der Waals surface area (Å²) in [5, 5.41) is 11.8. The van der Waals surface area contributed by atoms with E-state index < -0.39 is 4.92 Å². The van der Waals surface area contributed by atoms with Crippen LogP contribution in [0.5, 0.6) is 0 Å². The van der Waals surface area contributed by atoms with Crippen molar-refractivity contribution in [3.05, 3.63) is 76.1 Å². The second kappa shape index (κ2) is 8.08. The molecular weight excluding hydrogens is 388 g/mol. The number of carbonyl (C=O) groups excluding carboxylic acids is 1. The molecular formula is C21H20N4O3S. The van der Waals surface area contributed by atoms with Gasteiger partial charge in [-0.3, -0.25) is 19.5 Å². The number of anilines is 1. The molecule has 1 aromatic heterocycles. The summed E-state index contributed by atoms with van der Waals surface area (Å²) >= 11 is 1.39. The average Bonchev–Trinajstić information content (AvgIpc) is 3.19. The number of fused-ring (bicyclic) bond motifs is 1. The van der Waals surface area contributed by atoms with Gasteiger partial charge in [0, 0.05) is 36.8 Å². The third-order valence-corrected chi connectivity index (χ3v) is 5.95. The summed E-state index contributed by atoms with van der Waals surface area (Å²) in [5.41, 5.74) is 3.85. The maximum Gasteiger partial charge on any atom is 0.269 e. The Morgan fingerprint density at radius 2 is 2.07 bits per heavy atom. The first-order chi connectivity index (χ1) is 14.0. The number of nitro benzene ring substituents is 1. The van der Waals surface area contributed by atoms with Crippen LogP contribution in [0.1, 0.15) is 17.5 Å². The molecule has 0 aliphatic carbocycles. The van der Waals surface area contributed by atoms with E-state index in [1.54, 1.807) is 23.2 Å². The summed E-state index contributed by atoms with van der Waals surface area (Å²) in [5.74, 6) is 0.225. The average molecular weight is 408 g/mol. The van der Waals surface area contributed by atoms with Crippen molar-refractivity contribution in [3.8, 4) is 5.69 Å². The maximum absolute atomic E-state index is 12.9. The van der Waals surface area contributed by atoms with Crippen LogP contribution in [0.4, 0.5) is 11.4 Å². The zero-order valence-corrected chi connectivity index (χ0v) is 16.8.